The van der Waals surface area contributed by atoms with Gasteiger partial charge in [0.2, 0.25) is 5.95 Å². The summed E-state index contributed by atoms with van der Waals surface area (Å²) >= 11 is 6.13. The Morgan fingerprint density at radius 1 is 1.19 bits per heavy atom. The van der Waals surface area contributed by atoms with E-state index in [1.807, 2.05) is 56.6 Å². The van der Waals surface area contributed by atoms with Crippen LogP contribution >= 0.6 is 11.6 Å². The standard InChI is InChI=1S/C21H23ClN4O/c1-25(2)14-7-15-26-19-11-6-5-10-18(19)23-21(26)24-20(27)13-12-16-8-3-4-9-17(16)22/h3-6,8-13H,7,14-15H2,1-2H3,(H,23,24,27)/b13-12+. The molecule has 1 aromatic heterocycles. The molecule has 2 aromatic carbocycles. The summed E-state index contributed by atoms with van der Waals surface area (Å²) in [5.41, 5.74) is 2.68. The lowest BCUT2D eigenvalue weighted by Crippen LogP contribution is -2.17. The molecule has 0 aliphatic rings. The van der Waals surface area contributed by atoms with Crippen LogP contribution in [0, 0.1) is 0 Å². The second kappa shape index (κ2) is 8.84. The molecule has 3 rings (SSSR count). The van der Waals surface area contributed by atoms with E-state index >= 15 is 0 Å². The van der Waals surface area contributed by atoms with Gasteiger partial charge in [-0.1, -0.05) is 41.9 Å². The minimum Gasteiger partial charge on any atom is -0.310 e. The first-order valence-electron chi connectivity index (χ1n) is 8.88. The van der Waals surface area contributed by atoms with Gasteiger partial charge in [0.25, 0.3) is 5.91 Å². The highest BCUT2D eigenvalue weighted by atomic mass is 35.5. The molecule has 3 aromatic rings. The number of nitrogens with one attached hydrogen (secondary N) is 1. The fourth-order valence-corrected chi connectivity index (χ4v) is 3.07. The number of halogens is 1. The third-order valence-electron chi connectivity index (χ3n) is 4.20. The van der Waals surface area contributed by atoms with Crippen LogP contribution in [0.3, 0.4) is 0 Å². The minimum absolute atomic E-state index is 0.237. The average molecular weight is 383 g/mol. The van der Waals surface area contributed by atoms with Crippen molar-refractivity contribution in [2.24, 2.45) is 0 Å². The molecule has 0 atom stereocenters. The number of benzene rings is 2. The van der Waals surface area contributed by atoms with E-state index in [9.17, 15) is 4.79 Å². The largest absolute Gasteiger partial charge is 0.310 e. The van der Waals surface area contributed by atoms with Gasteiger partial charge in [-0.15, -0.1) is 0 Å². The van der Waals surface area contributed by atoms with E-state index in [4.69, 9.17) is 11.6 Å². The normalized spacial score (nSPS) is 11.6. The molecule has 140 valence electrons. The van der Waals surface area contributed by atoms with Crippen molar-refractivity contribution in [2.75, 3.05) is 26.0 Å². The Hall–Kier alpha value is -2.63. The number of aromatic nitrogens is 2. The summed E-state index contributed by atoms with van der Waals surface area (Å²) in [6.07, 6.45) is 4.15. The summed E-state index contributed by atoms with van der Waals surface area (Å²) in [6.45, 7) is 1.74. The van der Waals surface area contributed by atoms with Gasteiger partial charge >= 0.3 is 0 Å². The lowest BCUT2D eigenvalue weighted by molar-refractivity contribution is -0.111. The zero-order valence-corrected chi connectivity index (χ0v) is 16.3. The topological polar surface area (TPSA) is 50.2 Å². The van der Waals surface area contributed by atoms with Crippen molar-refractivity contribution >= 4 is 40.6 Å². The Labute approximate surface area is 164 Å². The van der Waals surface area contributed by atoms with E-state index in [0.717, 1.165) is 36.1 Å². The molecule has 1 amide bonds. The molecule has 0 fully saturated rings. The first-order valence-corrected chi connectivity index (χ1v) is 9.26. The number of rotatable bonds is 7. The number of hydrogen-bond donors (Lipinski definition) is 1. The Bertz CT molecular complexity index is 962. The SMILES string of the molecule is CN(C)CCCn1c(NC(=O)/C=C/c2ccccc2Cl)nc2ccccc21. The summed E-state index contributed by atoms with van der Waals surface area (Å²) in [4.78, 5) is 19.1. The number of anilines is 1. The summed E-state index contributed by atoms with van der Waals surface area (Å²) in [5.74, 6) is 0.322. The maximum Gasteiger partial charge on any atom is 0.250 e. The zero-order valence-electron chi connectivity index (χ0n) is 15.5. The van der Waals surface area contributed by atoms with Crippen molar-refractivity contribution in [3.63, 3.8) is 0 Å². The van der Waals surface area contributed by atoms with Crippen LogP contribution in [0.25, 0.3) is 17.1 Å². The van der Waals surface area contributed by atoms with Crippen LogP contribution in [0.15, 0.2) is 54.6 Å². The Morgan fingerprint density at radius 3 is 2.70 bits per heavy atom. The first kappa shape index (κ1) is 19.1. The molecule has 1 heterocycles. The second-order valence-electron chi connectivity index (χ2n) is 6.58. The van der Waals surface area contributed by atoms with Gasteiger partial charge in [0, 0.05) is 17.6 Å². The molecule has 0 aliphatic carbocycles. The van der Waals surface area contributed by atoms with Crippen LogP contribution in [0.1, 0.15) is 12.0 Å². The van der Waals surface area contributed by atoms with Crippen molar-refractivity contribution in [2.45, 2.75) is 13.0 Å². The van der Waals surface area contributed by atoms with E-state index in [1.54, 1.807) is 12.1 Å². The fourth-order valence-electron chi connectivity index (χ4n) is 2.87. The van der Waals surface area contributed by atoms with Crippen molar-refractivity contribution in [3.8, 4) is 0 Å². The highest BCUT2D eigenvalue weighted by Crippen LogP contribution is 2.20. The number of para-hydroxylation sites is 2. The minimum atomic E-state index is -0.237. The number of imidazole rings is 1. The third-order valence-corrected chi connectivity index (χ3v) is 4.54. The van der Waals surface area contributed by atoms with Crippen LogP contribution in [0.4, 0.5) is 5.95 Å². The van der Waals surface area contributed by atoms with E-state index in [2.05, 4.69) is 19.8 Å². The number of fused-ring (bicyclic) bond motifs is 1. The smallest absolute Gasteiger partial charge is 0.250 e. The summed E-state index contributed by atoms with van der Waals surface area (Å²) in [6, 6.07) is 15.3. The van der Waals surface area contributed by atoms with Gasteiger partial charge in [-0.05, 0) is 56.9 Å². The Balaban J connectivity index is 1.79. The number of carbonyl (C=O) groups excluding carboxylic acids is 1. The highest BCUT2D eigenvalue weighted by Gasteiger charge is 2.12. The number of aryl methyl sites for hydroxylation is 1. The maximum atomic E-state index is 12.4. The van der Waals surface area contributed by atoms with Gasteiger partial charge in [0.15, 0.2) is 0 Å². The van der Waals surface area contributed by atoms with Crippen molar-refractivity contribution in [1.29, 1.82) is 0 Å². The molecule has 0 bridgehead atoms. The van der Waals surface area contributed by atoms with E-state index in [0.29, 0.717) is 11.0 Å². The highest BCUT2D eigenvalue weighted by molar-refractivity contribution is 6.32. The van der Waals surface area contributed by atoms with Crippen LogP contribution in [0.2, 0.25) is 5.02 Å². The van der Waals surface area contributed by atoms with Gasteiger partial charge in [0.1, 0.15) is 0 Å². The van der Waals surface area contributed by atoms with Crippen LogP contribution in [-0.4, -0.2) is 41.0 Å². The molecular formula is C21H23ClN4O. The molecular weight excluding hydrogens is 360 g/mol. The molecule has 0 radical (unpaired) electrons. The zero-order chi connectivity index (χ0) is 19.2. The van der Waals surface area contributed by atoms with Crippen LogP contribution in [-0.2, 0) is 11.3 Å². The average Bonchev–Trinajstić information content (AvgIpc) is 2.98. The predicted octanol–water partition coefficient (Wildman–Crippen LogP) is 4.29. The molecule has 6 heteroatoms. The van der Waals surface area contributed by atoms with E-state index in [-0.39, 0.29) is 5.91 Å². The monoisotopic (exact) mass is 382 g/mol. The molecule has 1 N–H and O–H groups in total. The number of hydrogen-bond acceptors (Lipinski definition) is 3. The van der Waals surface area contributed by atoms with Crippen LogP contribution < -0.4 is 5.32 Å². The van der Waals surface area contributed by atoms with Gasteiger partial charge in [-0.25, -0.2) is 4.98 Å². The fraction of sp³-hybridized carbons (Fsp3) is 0.238. The number of amides is 1. The quantitative estimate of drug-likeness (QED) is 0.620. The Kier molecular flexibility index (Phi) is 6.27. The maximum absolute atomic E-state index is 12.4. The number of nitrogens with zero attached hydrogens (tertiary/aromatic N) is 3. The number of carbonyl (C=O) groups is 1. The van der Waals surface area contributed by atoms with Crippen molar-refractivity contribution < 1.29 is 4.79 Å². The van der Waals surface area contributed by atoms with Gasteiger partial charge in [-0.3, -0.25) is 10.1 Å². The lowest BCUT2D eigenvalue weighted by atomic mass is 10.2. The molecule has 0 saturated heterocycles. The molecule has 5 nitrogen and oxygen atoms in total. The first-order chi connectivity index (χ1) is 13.0. The summed E-state index contributed by atoms with van der Waals surface area (Å²) < 4.78 is 2.06. The van der Waals surface area contributed by atoms with E-state index < -0.39 is 0 Å². The summed E-state index contributed by atoms with van der Waals surface area (Å²) in [5, 5.41) is 3.51. The molecule has 0 aliphatic heterocycles. The lowest BCUT2D eigenvalue weighted by Gasteiger charge is -2.12. The van der Waals surface area contributed by atoms with E-state index in [1.165, 1.54) is 6.08 Å². The second-order valence-corrected chi connectivity index (χ2v) is 6.98. The Morgan fingerprint density at radius 2 is 1.93 bits per heavy atom. The van der Waals surface area contributed by atoms with Gasteiger partial charge in [0.05, 0.1) is 11.0 Å². The molecule has 0 spiro atoms. The van der Waals surface area contributed by atoms with Crippen molar-refractivity contribution in [1.82, 2.24) is 14.5 Å². The molecule has 0 saturated carbocycles. The summed E-state index contributed by atoms with van der Waals surface area (Å²) in [7, 11) is 4.10. The predicted molar refractivity (Wildman–Crippen MR) is 112 cm³/mol. The molecule has 27 heavy (non-hydrogen) atoms. The van der Waals surface area contributed by atoms with Crippen molar-refractivity contribution in [3.05, 3.63) is 65.2 Å². The molecule has 0 unspecified atom stereocenters. The third kappa shape index (κ3) is 4.96. The van der Waals surface area contributed by atoms with Gasteiger partial charge < -0.3 is 9.47 Å². The van der Waals surface area contributed by atoms with Gasteiger partial charge in [-0.2, -0.15) is 0 Å². The van der Waals surface area contributed by atoms with Crippen LogP contribution in [0.5, 0.6) is 0 Å².